The maximum atomic E-state index is 13.4. The summed E-state index contributed by atoms with van der Waals surface area (Å²) >= 11 is 6.30. The summed E-state index contributed by atoms with van der Waals surface area (Å²) in [5.74, 6) is 0.768. The van der Waals surface area contributed by atoms with E-state index in [0.29, 0.717) is 47.6 Å². The highest BCUT2D eigenvalue weighted by molar-refractivity contribution is 6.30. The number of hydrogen-bond acceptors (Lipinski definition) is 8. The third-order valence-corrected chi connectivity index (χ3v) is 7.07. The predicted molar refractivity (Wildman–Crippen MR) is 157 cm³/mol. The van der Waals surface area contributed by atoms with E-state index >= 15 is 0 Å². The number of rotatable bonds is 16. The molecule has 0 aliphatic carbocycles. The molecule has 0 spiro atoms. The van der Waals surface area contributed by atoms with Crippen LogP contribution < -0.4 is 20.7 Å². The van der Waals surface area contributed by atoms with Gasteiger partial charge in [0.05, 0.1) is 20.3 Å². The number of benzene rings is 2. The summed E-state index contributed by atoms with van der Waals surface area (Å²) in [5.41, 5.74) is 1.94. The molecule has 0 aromatic heterocycles. The first kappa shape index (κ1) is 32.6. The normalized spacial score (nSPS) is 16.4. The summed E-state index contributed by atoms with van der Waals surface area (Å²) < 4.78 is 27.5. The fourth-order valence-corrected chi connectivity index (χ4v) is 4.90. The van der Waals surface area contributed by atoms with E-state index in [1.807, 2.05) is 31.3 Å². The van der Waals surface area contributed by atoms with Crippen LogP contribution in [0.2, 0.25) is 5.02 Å². The van der Waals surface area contributed by atoms with Crippen molar-refractivity contribution in [1.29, 1.82) is 0 Å². The molecule has 2 aromatic carbocycles. The van der Waals surface area contributed by atoms with Gasteiger partial charge in [-0.15, -0.1) is 0 Å². The lowest BCUT2D eigenvalue weighted by Crippen LogP contribution is -2.41. The smallest absolute Gasteiger partial charge is 0.406 e. The Bertz CT molecular complexity index is 1100. The van der Waals surface area contributed by atoms with Gasteiger partial charge in [0.1, 0.15) is 18.5 Å². The number of carbonyl (C=O) groups excluding carboxylic acids is 2. The van der Waals surface area contributed by atoms with E-state index in [-0.39, 0.29) is 25.1 Å². The molecular formula is C30H42ClN3O7. The molecule has 0 radical (unpaired) electrons. The van der Waals surface area contributed by atoms with Crippen LogP contribution in [0, 0.1) is 5.92 Å². The summed E-state index contributed by atoms with van der Waals surface area (Å²) in [6.07, 6.45) is 2.00. The molecule has 1 aliphatic rings. The van der Waals surface area contributed by atoms with Gasteiger partial charge in [-0.2, -0.15) is 0 Å². The average molecular weight is 592 g/mol. The topological polar surface area (TPSA) is 116 Å². The number of amides is 2. The number of carbonyl (C=O) groups is 2. The summed E-state index contributed by atoms with van der Waals surface area (Å²) in [6, 6.07) is 12.8. The molecule has 2 aromatic rings. The number of methoxy groups -OCH3 is 2. The fraction of sp³-hybridized carbons (Fsp3) is 0.533. The standard InChI is InChI=1S/C30H42ClN3O7/c1-32-26(14-21-6-5-10-39-20-21)19-34-29(35)24-15-23(17-27(18-24)40-13-12-37-2)28(22-7-4-8-25(31)16-22)41-11-9-33-30(36)38-3/h4,7-8,15-18,21,26,28,32H,5-6,9-14,19-20H2,1-3H3,(H,33,36)(H,34,35)/t21-,26+,28+/m1/s1. The highest BCUT2D eigenvalue weighted by Crippen LogP contribution is 2.31. The molecule has 3 rings (SSSR count). The second-order valence-electron chi connectivity index (χ2n) is 9.87. The molecule has 1 saturated heterocycles. The summed E-state index contributed by atoms with van der Waals surface area (Å²) in [6.45, 7) is 3.20. The molecule has 0 saturated carbocycles. The summed E-state index contributed by atoms with van der Waals surface area (Å²) in [4.78, 5) is 24.9. The molecule has 11 heteroatoms. The van der Waals surface area contributed by atoms with Crippen LogP contribution in [0.15, 0.2) is 42.5 Å². The molecule has 1 aliphatic heterocycles. The number of ether oxygens (including phenoxy) is 5. The van der Waals surface area contributed by atoms with Crippen LogP contribution in [0.25, 0.3) is 0 Å². The predicted octanol–water partition coefficient (Wildman–Crippen LogP) is 3.96. The van der Waals surface area contributed by atoms with Gasteiger partial charge in [0.25, 0.3) is 5.91 Å². The number of likely N-dealkylation sites (N-methyl/N-ethyl adjacent to an activating group) is 1. The molecule has 1 fully saturated rings. The number of hydrogen-bond donors (Lipinski definition) is 3. The van der Waals surface area contributed by atoms with Crippen molar-refractivity contribution in [2.75, 3.05) is 67.4 Å². The van der Waals surface area contributed by atoms with E-state index in [4.69, 9.17) is 30.5 Å². The van der Waals surface area contributed by atoms with Crippen molar-refractivity contribution in [3.63, 3.8) is 0 Å². The van der Waals surface area contributed by atoms with Gasteiger partial charge < -0.3 is 39.6 Å². The van der Waals surface area contributed by atoms with Crippen LogP contribution >= 0.6 is 11.6 Å². The molecule has 41 heavy (non-hydrogen) atoms. The Morgan fingerprint density at radius 1 is 1.07 bits per heavy atom. The van der Waals surface area contributed by atoms with E-state index in [0.717, 1.165) is 38.0 Å². The zero-order valence-corrected chi connectivity index (χ0v) is 24.8. The van der Waals surface area contributed by atoms with Crippen molar-refractivity contribution in [3.8, 4) is 5.75 Å². The highest BCUT2D eigenvalue weighted by atomic mass is 35.5. The van der Waals surface area contributed by atoms with Gasteiger partial charge in [-0.25, -0.2) is 4.79 Å². The van der Waals surface area contributed by atoms with E-state index in [1.165, 1.54) is 7.11 Å². The zero-order valence-electron chi connectivity index (χ0n) is 24.1. The lowest BCUT2D eigenvalue weighted by Gasteiger charge is -2.26. The van der Waals surface area contributed by atoms with Crippen molar-refractivity contribution in [2.45, 2.75) is 31.4 Å². The second kappa shape index (κ2) is 17.8. The maximum Gasteiger partial charge on any atom is 0.406 e. The van der Waals surface area contributed by atoms with Gasteiger partial charge in [0.2, 0.25) is 0 Å². The molecule has 3 atom stereocenters. The largest absolute Gasteiger partial charge is 0.491 e. The number of alkyl carbamates (subject to hydrolysis) is 1. The van der Waals surface area contributed by atoms with Crippen molar-refractivity contribution < 1.29 is 33.3 Å². The zero-order chi connectivity index (χ0) is 29.5. The molecule has 10 nitrogen and oxygen atoms in total. The third kappa shape index (κ3) is 11.1. The Hall–Kier alpha value is -2.89. The Labute approximate surface area is 247 Å². The van der Waals surface area contributed by atoms with Gasteiger partial charge in [-0.05, 0) is 73.7 Å². The lowest BCUT2D eigenvalue weighted by atomic mass is 9.94. The Kier molecular flexibility index (Phi) is 14.2. The van der Waals surface area contributed by atoms with Crippen LogP contribution in [0.3, 0.4) is 0 Å². The molecule has 0 bridgehead atoms. The number of nitrogens with one attached hydrogen (secondary N) is 3. The van der Waals surface area contributed by atoms with Gasteiger partial charge >= 0.3 is 6.09 Å². The average Bonchev–Trinajstić information content (AvgIpc) is 2.99. The van der Waals surface area contributed by atoms with Gasteiger partial charge in [-0.1, -0.05) is 23.7 Å². The van der Waals surface area contributed by atoms with E-state index in [1.54, 1.807) is 25.3 Å². The molecule has 3 N–H and O–H groups in total. The Balaban J connectivity index is 1.81. The van der Waals surface area contributed by atoms with E-state index in [9.17, 15) is 9.59 Å². The van der Waals surface area contributed by atoms with Crippen molar-refractivity contribution in [2.24, 2.45) is 5.92 Å². The van der Waals surface area contributed by atoms with E-state index in [2.05, 4.69) is 20.7 Å². The first-order valence-corrected chi connectivity index (χ1v) is 14.3. The Morgan fingerprint density at radius 2 is 1.93 bits per heavy atom. The quantitative estimate of drug-likeness (QED) is 0.251. The van der Waals surface area contributed by atoms with Gasteiger partial charge in [-0.3, -0.25) is 4.79 Å². The first-order chi connectivity index (χ1) is 19.9. The SMILES string of the molecule is CN[C@H](CNC(=O)c1cc(OCCOC)cc([C@@H](OCCNC(=O)OC)c2cccc(Cl)c2)c1)C[C@H]1CCCOC1. The molecule has 1 heterocycles. The van der Waals surface area contributed by atoms with Crippen molar-refractivity contribution >= 4 is 23.6 Å². The molecule has 0 unspecified atom stereocenters. The first-order valence-electron chi connectivity index (χ1n) is 13.9. The Morgan fingerprint density at radius 3 is 2.63 bits per heavy atom. The van der Waals surface area contributed by atoms with Crippen LogP contribution in [0.1, 0.15) is 46.9 Å². The summed E-state index contributed by atoms with van der Waals surface area (Å²) in [5, 5.41) is 9.56. The highest BCUT2D eigenvalue weighted by Gasteiger charge is 2.22. The fourth-order valence-electron chi connectivity index (χ4n) is 4.70. The minimum absolute atomic E-state index is 0.121. The van der Waals surface area contributed by atoms with Gasteiger partial charge in [0.15, 0.2) is 0 Å². The van der Waals surface area contributed by atoms with E-state index < -0.39 is 12.2 Å². The minimum atomic E-state index is -0.581. The lowest BCUT2D eigenvalue weighted by molar-refractivity contribution is 0.0478. The van der Waals surface area contributed by atoms with Crippen molar-refractivity contribution in [1.82, 2.24) is 16.0 Å². The maximum absolute atomic E-state index is 13.4. The summed E-state index contributed by atoms with van der Waals surface area (Å²) in [7, 11) is 4.81. The molecular weight excluding hydrogens is 550 g/mol. The van der Waals surface area contributed by atoms with Gasteiger partial charge in [0, 0.05) is 50.0 Å². The van der Waals surface area contributed by atoms with Crippen LogP contribution in [0.4, 0.5) is 4.79 Å². The molecule has 2 amide bonds. The second-order valence-corrected chi connectivity index (χ2v) is 10.3. The molecule has 226 valence electrons. The van der Waals surface area contributed by atoms with Crippen LogP contribution in [0.5, 0.6) is 5.75 Å². The monoisotopic (exact) mass is 591 g/mol. The minimum Gasteiger partial charge on any atom is -0.491 e. The van der Waals surface area contributed by atoms with Crippen LogP contribution in [-0.4, -0.2) is 85.4 Å². The van der Waals surface area contributed by atoms with Crippen LogP contribution in [-0.2, 0) is 18.9 Å². The van der Waals surface area contributed by atoms with Crippen molar-refractivity contribution in [3.05, 3.63) is 64.2 Å². The third-order valence-electron chi connectivity index (χ3n) is 6.83. The number of halogens is 1.